The normalized spacial score (nSPS) is 15.6. The van der Waals surface area contributed by atoms with Crippen LogP contribution in [0.25, 0.3) is 6.08 Å². The summed E-state index contributed by atoms with van der Waals surface area (Å²) in [5.74, 6) is -0.801. The van der Waals surface area contributed by atoms with Gasteiger partial charge in [-0.15, -0.1) is 0 Å². The molecule has 0 radical (unpaired) electrons. The highest BCUT2D eigenvalue weighted by molar-refractivity contribution is 6.01. The van der Waals surface area contributed by atoms with Crippen molar-refractivity contribution < 1.29 is 9.18 Å². The molecule has 0 aromatic heterocycles. The van der Waals surface area contributed by atoms with Gasteiger partial charge in [-0.3, -0.25) is 4.79 Å². The summed E-state index contributed by atoms with van der Waals surface area (Å²) in [4.78, 5) is 14.5. The fourth-order valence-electron chi connectivity index (χ4n) is 3.42. The van der Waals surface area contributed by atoms with E-state index in [1.54, 1.807) is 12.1 Å². The van der Waals surface area contributed by atoms with Gasteiger partial charge in [0.05, 0.1) is 11.7 Å². The smallest absolute Gasteiger partial charge is 0.262 e. The van der Waals surface area contributed by atoms with Crippen molar-refractivity contribution in [2.75, 3.05) is 18.0 Å². The number of halogens is 1. The molecule has 0 spiro atoms. The molecule has 4 nitrogen and oxygen atoms in total. The lowest BCUT2D eigenvalue weighted by Crippen LogP contribution is -2.30. The zero-order valence-corrected chi connectivity index (χ0v) is 16.0. The van der Waals surface area contributed by atoms with Crippen LogP contribution >= 0.6 is 0 Å². The molecule has 2 aromatic rings. The SMILES string of the molecule is C[C@H](NC(=O)/C(C#N)=C\c1ccc(N2CCCCC2)c(F)c1)c1ccccc1. The highest BCUT2D eigenvalue weighted by Crippen LogP contribution is 2.25. The first kappa shape index (κ1) is 19.6. The lowest BCUT2D eigenvalue weighted by molar-refractivity contribution is -0.117. The fraction of sp³-hybridized carbons (Fsp3) is 0.304. The number of amides is 1. The quantitative estimate of drug-likeness (QED) is 0.612. The van der Waals surface area contributed by atoms with E-state index in [1.807, 2.05) is 48.2 Å². The number of anilines is 1. The molecule has 144 valence electrons. The minimum atomic E-state index is -0.473. The fourth-order valence-corrected chi connectivity index (χ4v) is 3.42. The van der Waals surface area contributed by atoms with Crippen molar-refractivity contribution >= 4 is 17.7 Å². The third-order valence-electron chi connectivity index (χ3n) is 4.99. The topological polar surface area (TPSA) is 56.1 Å². The molecular weight excluding hydrogens is 353 g/mol. The van der Waals surface area contributed by atoms with Gasteiger partial charge in [0.25, 0.3) is 5.91 Å². The average Bonchev–Trinajstić information content (AvgIpc) is 2.73. The number of rotatable bonds is 5. The number of nitriles is 1. The molecular formula is C23H24FN3O. The molecule has 1 amide bonds. The van der Waals surface area contributed by atoms with E-state index in [1.165, 1.54) is 18.6 Å². The van der Waals surface area contributed by atoms with E-state index < -0.39 is 5.91 Å². The Bertz CT molecular complexity index is 896. The summed E-state index contributed by atoms with van der Waals surface area (Å²) < 4.78 is 14.6. The average molecular weight is 377 g/mol. The molecule has 1 aliphatic heterocycles. The van der Waals surface area contributed by atoms with E-state index in [-0.39, 0.29) is 17.4 Å². The molecule has 1 aliphatic rings. The van der Waals surface area contributed by atoms with Gasteiger partial charge in [0, 0.05) is 13.1 Å². The van der Waals surface area contributed by atoms with E-state index in [0.717, 1.165) is 31.5 Å². The summed E-state index contributed by atoms with van der Waals surface area (Å²) in [6, 6.07) is 16.1. The van der Waals surface area contributed by atoms with Crippen LogP contribution in [0.2, 0.25) is 0 Å². The second-order valence-corrected chi connectivity index (χ2v) is 7.03. The molecule has 1 heterocycles. The van der Waals surface area contributed by atoms with Gasteiger partial charge in [0.2, 0.25) is 0 Å². The van der Waals surface area contributed by atoms with E-state index in [0.29, 0.717) is 11.3 Å². The Labute approximate surface area is 165 Å². The van der Waals surface area contributed by atoms with Crippen molar-refractivity contribution in [3.63, 3.8) is 0 Å². The van der Waals surface area contributed by atoms with Crippen LogP contribution in [0.15, 0.2) is 54.1 Å². The molecule has 1 atom stereocenters. The van der Waals surface area contributed by atoms with Crippen LogP contribution in [-0.2, 0) is 4.79 Å². The number of nitrogens with zero attached hydrogens (tertiary/aromatic N) is 2. The maximum absolute atomic E-state index is 14.6. The number of carbonyl (C=O) groups is 1. The summed E-state index contributed by atoms with van der Waals surface area (Å²) in [5.41, 5.74) is 1.98. The van der Waals surface area contributed by atoms with Crippen molar-refractivity contribution in [1.29, 1.82) is 5.26 Å². The molecule has 0 saturated carbocycles. The monoisotopic (exact) mass is 377 g/mol. The molecule has 1 saturated heterocycles. The zero-order valence-electron chi connectivity index (χ0n) is 16.0. The first-order chi connectivity index (χ1) is 13.6. The molecule has 0 bridgehead atoms. The largest absolute Gasteiger partial charge is 0.369 e. The number of hydrogen-bond acceptors (Lipinski definition) is 3. The first-order valence-electron chi connectivity index (χ1n) is 9.60. The summed E-state index contributed by atoms with van der Waals surface area (Å²) in [6.45, 7) is 3.57. The summed E-state index contributed by atoms with van der Waals surface area (Å²) in [5, 5.41) is 12.2. The summed E-state index contributed by atoms with van der Waals surface area (Å²) >= 11 is 0. The maximum Gasteiger partial charge on any atom is 0.262 e. The number of nitrogens with one attached hydrogen (secondary N) is 1. The van der Waals surface area contributed by atoms with E-state index in [4.69, 9.17) is 0 Å². The molecule has 3 rings (SSSR count). The van der Waals surface area contributed by atoms with Gasteiger partial charge in [-0.25, -0.2) is 4.39 Å². The Balaban J connectivity index is 1.73. The highest BCUT2D eigenvalue weighted by atomic mass is 19.1. The van der Waals surface area contributed by atoms with Gasteiger partial charge >= 0.3 is 0 Å². The summed E-state index contributed by atoms with van der Waals surface area (Å²) in [6.07, 6.45) is 4.75. The molecule has 1 N–H and O–H groups in total. The van der Waals surface area contributed by atoms with E-state index in [9.17, 15) is 14.4 Å². The Morgan fingerprint density at radius 3 is 2.54 bits per heavy atom. The molecule has 1 fully saturated rings. The van der Waals surface area contributed by atoms with E-state index in [2.05, 4.69) is 5.32 Å². The predicted molar refractivity (Wildman–Crippen MR) is 109 cm³/mol. The minimum absolute atomic E-state index is 0.0482. The van der Waals surface area contributed by atoms with Crippen molar-refractivity contribution in [3.8, 4) is 6.07 Å². The second-order valence-electron chi connectivity index (χ2n) is 7.03. The van der Waals surface area contributed by atoms with Gasteiger partial charge in [-0.1, -0.05) is 36.4 Å². The van der Waals surface area contributed by atoms with Crippen LogP contribution in [0, 0.1) is 17.1 Å². The molecule has 2 aromatic carbocycles. The third kappa shape index (κ3) is 4.77. The molecule has 0 unspecified atom stereocenters. The number of benzene rings is 2. The van der Waals surface area contributed by atoms with Gasteiger partial charge in [-0.05, 0) is 55.5 Å². The van der Waals surface area contributed by atoms with Gasteiger partial charge in [-0.2, -0.15) is 5.26 Å². The zero-order chi connectivity index (χ0) is 19.9. The summed E-state index contributed by atoms with van der Waals surface area (Å²) in [7, 11) is 0. The van der Waals surface area contributed by atoms with Crippen molar-refractivity contribution in [2.45, 2.75) is 32.2 Å². The number of hydrogen-bond donors (Lipinski definition) is 1. The Morgan fingerprint density at radius 1 is 1.18 bits per heavy atom. The Morgan fingerprint density at radius 2 is 1.89 bits per heavy atom. The van der Waals surface area contributed by atoms with Gasteiger partial charge in [0.1, 0.15) is 17.5 Å². The molecule has 5 heteroatoms. The number of carbonyl (C=O) groups excluding carboxylic acids is 1. The van der Waals surface area contributed by atoms with Crippen molar-refractivity contribution in [1.82, 2.24) is 5.32 Å². The van der Waals surface area contributed by atoms with Crippen LogP contribution in [0.5, 0.6) is 0 Å². The minimum Gasteiger partial charge on any atom is -0.369 e. The van der Waals surface area contributed by atoms with E-state index >= 15 is 0 Å². The van der Waals surface area contributed by atoms with Crippen LogP contribution in [0.1, 0.15) is 43.4 Å². The van der Waals surface area contributed by atoms with Crippen molar-refractivity contribution in [2.24, 2.45) is 0 Å². The Hall–Kier alpha value is -3.13. The van der Waals surface area contributed by atoms with Crippen LogP contribution < -0.4 is 10.2 Å². The lowest BCUT2D eigenvalue weighted by atomic mass is 10.1. The van der Waals surface area contributed by atoms with Crippen LogP contribution in [0.3, 0.4) is 0 Å². The predicted octanol–water partition coefficient (Wildman–Crippen LogP) is 4.60. The number of piperidine rings is 1. The van der Waals surface area contributed by atoms with Gasteiger partial charge < -0.3 is 10.2 Å². The first-order valence-corrected chi connectivity index (χ1v) is 9.60. The lowest BCUT2D eigenvalue weighted by Gasteiger charge is -2.29. The molecule has 28 heavy (non-hydrogen) atoms. The second kappa shape index (κ2) is 9.18. The third-order valence-corrected chi connectivity index (χ3v) is 4.99. The van der Waals surface area contributed by atoms with Gasteiger partial charge in [0.15, 0.2) is 0 Å². The Kier molecular flexibility index (Phi) is 6.44. The van der Waals surface area contributed by atoms with Crippen LogP contribution in [0.4, 0.5) is 10.1 Å². The van der Waals surface area contributed by atoms with Crippen LogP contribution in [-0.4, -0.2) is 19.0 Å². The standard InChI is InChI=1S/C23H24FN3O/c1-17(19-8-4-2-5-9-19)26-23(28)20(16-25)14-18-10-11-22(21(24)15-18)27-12-6-3-7-13-27/h2,4-5,8-11,14-15,17H,3,6-7,12-13H2,1H3,(H,26,28)/b20-14-/t17-/m0/s1. The highest BCUT2D eigenvalue weighted by Gasteiger charge is 2.16. The van der Waals surface area contributed by atoms with Crippen molar-refractivity contribution in [3.05, 3.63) is 71.0 Å². The maximum atomic E-state index is 14.6. The molecule has 0 aliphatic carbocycles.